The maximum absolute atomic E-state index is 11.7. The van der Waals surface area contributed by atoms with Gasteiger partial charge in [0.25, 0.3) is 0 Å². The summed E-state index contributed by atoms with van der Waals surface area (Å²) in [6, 6.07) is -1.34. The Bertz CT molecular complexity index is 236. The Morgan fingerprint density at radius 3 is 1.88 bits per heavy atom. The zero-order chi connectivity index (χ0) is 13.0. The van der Waals surface area contributed by atoms with Crippen LogP contribution >= 0.6 is 0 Å². The van der Waals surface area contributed by atoms with Crippen molar-refractivity contribution < 1.29 is 31.1 Å². The van der Waals surface area contributed by atoms with E-state index in [1.807, 2.05) is 0 Å². The van der Waals surface area contributed by atoms with E-state index in [0.29, 0.717) is 0 Å². The summed E-state index contributed by atoms with van der Waals surface area (Å²) in [5.74, 6) is -1.14. The van der Waals surface area contributed by atoms with Crippen molar-refractivity contribution in [3.05, 3.63) is 0 Å². The van der Waals surface area contributed by atoms with Crippen molar-refractivity contribution in [3.63, 3.8) is 0 Å². The first-order chi connectivity index (χ1) is 7.01. The van der Waals surface area contributed by atoms with Crippen LogP contribution in [0.1, 0.15) is 6.92 Å². The van der Waals surface area contributed by atoms with Crippen molar-refractivity contribution in [2.45, 2.75) is 25.3 Å². The van der Waals surface area contributed by atoms with Gasteiger partial charge in [-0.2, -0.15) is 26.3 Å². The molecule has 0 heterocycles. The number of hydrogen-bond acceptors (Lipinski definition) is 2. The zero-order valence-electron chi connectivity index (χ0n) is 8.17. The predicted molar refractivity (Wildman–Crippen MR) is 42.6 cm³/mol. The highest BCUT2D eigenvalue weighted by Crippen LogP contribution is 2.13. The maximum atomic E-state index is 11.7. The van der Waals surface area contributed by atoms with E-state index in [4.69, 9.17) is 0 Å². The molecule has 1 atom stereocenters. The van der Waals surface area contributed by atoms with E-state index < -0.39 is 37.4 Å². The van der Waals surface area contributed by atoms with Crippen molar-refractivity contribution in [2.24, 2.45) is 0 Å². The average Bonchev–Trinajstić information content (AvgIpc) is 2.07. The third-order valence-corrected chi connectivity index (χ3v) is 1.47. The second-order valence-corrected chi connectivity index (χ2v) is 3.05. The van der Waals surface area contributed by atoms with Crippen LogP contribution in [0.15, 0.2) is 0 Å². The fourth-order valence-corrected chi connectivity index (χ4v) is 0.702. The molecule has 0 saturated heterocycles. The first-order valence-electron chi connectivity index (χ1n) is 4.16. The molecule has 0 fully saturated rings. The average molecular weight is 252 g/mol. The van der Waals surface area contributed by atoms with E-state index in [-0.39, 0.29) is 0 Å². The number of hydrogen-bond donors (Lipinski definition) is 2. The predicted octanol–water partition coefficient (Wildman–Crippen LogP) is 1.21. The summed E-state index contributed by atoms with van der Waals surface area (Å²) in [5.41, 5.74) is 0. The van der Waals surface area contributed by atoms with Gasteiger partial charge in [0.2, 0.25) is 5.91 Å². The summed E-state index contributed by atoms with van der Waals surface area (Å²) in [7, 11) is 0. The van der Waals surface area contributed by atoms with Crippen LogP contribution in [0.3, 0.4) is 0 Å². The molecule has 0 bridgehead atoms. The number of halogens is 6. The van der Waals surface area contributed by atoms with Gasteiger partial charge in [-0.15, -0.1) is 0 Å². The minimum Gasteiger partial charge on any atom is -0.346 e. The molecule has 9 heteroatoms. The highest BCUT2D eigenvalue weighted by atomic mass is 19.4. The van der Waals surface area contributed by atoms with E-state index >= 15 is 0 Å². The lowest BCUT2D eigenvalue weighted by Gasteiger charge is -2.16. The van der Waals surface area contributed by atoms with Crippen LogP contribution in [0.2, 0.25) is 0 Å². The fourth-order valence-electron chi connectivity index (χ4n) is 0.702. The Kier molecular flexibility index (Phi) is 5.04. The minimum absolute atomic E-state index is 1.04. The van der Waals surface area contributed by atoms with Crippen molar-refractivity contribution in [3.8, 4) is 0 Å². The van der Waals surface area contributed by atoms with Crippen molar-refractivity contribution in [2.75, 3.05) is 13.1 Å². The summed E-state index contributed by atoms with van der Waals surface area (Å²) in [5, 5.41) is 3.22. The summed E-state index contributed by atoms with van der Waals surface area (Å²) < 4.78 is 70.0. The number of carbonyl (C=O) groups excluding carboxylic acids is 1. The fraction of sp³-hybridized carbons (Fsp3) is 0.857. The van der Waals surface area contributed by atoms with Crippen LogP contribution in [0.5, 0.6) is 0 Å². The Morgan fingerprint density at radius 2 is 1.50 bits per heavy atom. The molecule has 0 saturated carbocycles. The topological polar surface area (TPSA) is 41.1 Å². The molecular weight excluding hydrogens is 242 g/mol. The van der Waals surface area contributed by atoms with E-state index in [9.17, 15) is 31.1 Å². The molecule has 1 amide bonds. The number of alkyl halides is 6. The van der Waals surface area contributed by atoms with E-state index in [1.54, 1.807) is 5.32 Å². The van der Waals surface area contributed by atoms with Gasteiger partial charge in [0, 0.05) is 0 Å². The SMILES string of the molecule is CC(NCC(F)(F)F)C(=O)NCC(F)(F)F. The number of nitrogens with one attached hydrogen (secondary N) is 2. The van der Waals surface area contributed by atoms with E-state index in [2.05, 4.69) is 0 Å². The van der Waals surface area contributed by atoms with E-state index in [1.165, 1.54) is 5.32 Å². The van der Waals surface area contributed by atoms with Gasteiger partial charge >= 0.3 is 12.4 Å². The quantitative estimate of drug-likeness (QED) is 0.738. The largest absolute Gasteiger partial charge is 0.405 e. The molecule has 16 heavy (non-hydrogen) atoms. The van der Waals surface area contributed by atoms with Gasteiger partial charge in [0.05, 0.1) is 12.6 Å². The number of carbonyl (C=O) groups is 1. The Morgan fingerprint density at radius 1 is 1.06 bits per heavy atom. The van der Waals surface area contributed by atoms with Crippen LogP contribution in [-0.2, 0) is 4.79 Å². The van der Waals surface area contributed by atoms with Gasteiger partial charge in [0.15, 0.2) is 0 Å². The molecule has 0 aromatic carbocycles. The highest BCUT2D eigenvalue weighted by molar-refractivity contribution is 5.81. The van der Waals surface area contributed by atoms with Gasteiger partial charge < -0.3 is 5.32 Å². The third-order valence-electron chi connectivity index (χ3n) is 1.47. The summed E-state index contributed by atoms with van der Waals surface area (Å²) in [4.78, 5) is 10.9. The molecule has 3 nitrogen and oxygen atoms in total. The summed E-state index contributed by atoms with van der Waals surface area (Å²) >= 11 is 0. The van der Waals surface area contributed by atoms with Crippen LogP contribution in [0, 0.1) is 0 Å². The van der Waals surface area contributed by atoms with Gasteiger partial charge in [-0.05, 0) is 6.92 Å². The molecule has 0 aliphatic rings. The summed E-state index contributed by atoms with van der Waals surface area (Å²) in [6.45, 7) is -1.96. The standard InChI is InChI=1S/C7H10F6N2O/c1-4(14-2-6(8,9)10)5(16)15-3-7(11,12)13/h4,14H,2-3H2,1H3,(H,15,16). The number of rotatable bonds is 4. The molecule has 0 aromatic heterocycles. The molecule has 1 unspecified atom stereocenters. The highest BCUT2D eigenvalue weighted by Gasteiger charge is 2.31. The second-order valence-electron chi connectivity index (χ2n) is 3.05. The third kappa shape index (κ3) is 8.33. The van der Waals surface area contributed by atoms with Crippen LogP contribution in [0.4, 0.5) is 26.3 Å². The van der Waals surface area contributed by atoms with Gasteiger partial charge in [-0.3, -0.25) is 10.1 Å². The van der Waals surface area contributed by atoms with Gasteiger partial charge in [-0.25, -0.2) is 0 Å². The molecular formula is C7H10F6N2O. The van der Waals surface area contributed by atoms with Gasteiger partial charge in [0.1, 0.15) is 6.54 Å². The van der Waals surface area contributed by atoms with Crippen molar-refractivity contribution in [1.82, 2.24) is 10.6 Å². The summed E-state index contributed by atoms with van der Waals surface area (Å²) in [6.07, 6.45) is -9.10. The van der Waals surface area contributed by atoms with Crippen molar-refractivity contribution in [1.29, 1.82) is 0 Å². The lowest BCUT2D eigenvalue weighted by atomic mass is 10.3. The molecule has 2 N–H and O–H groups in total. The lowest BCUT2D eigenvalue weighted by molar-refractivity contribution is -0.141. The smallest absolute Gasteiger partial charge is 0.346 e. The Balaban J connectivity index is 3.92. The molecule has 96 valence electrons. The van der Waals surface area contributed by atoms with Crippen LogP contribution in [0.25, 0.3) is 0 Å². The molecule has 0 spiro atoms. The molecule has 0 aromatic rings. The molecule has 0 aliphatic heterocycles. The zero-order valence-corrected chi connectivity index (χ0v) is 8.17. The second kappa shape index (κ2) is 5.37. The van der Waals surface area contributed by atoms with Gasteiger partial charge in [-0.1, -0.05) is 0 Å². The van der Waals surface area contributed by atoms with Crippen LogP contribution in [-0.4, -0.2) is 37.4 Å². The Labute approximate surface area is 87.2 Å². The number of amides is 1. The van der Waals surface area contributed by atoms with E-state index in [0.717, 1.165) is 6.92 Å². The van der Waals surface area contributed by atoms with Crippen molar-refractivity contribution >= 4 is 5.91 Å². The normalized spacial score (nSPS) is 14.7. The molecule has 0 rings (SSSR count). The first-order valence-corrected chi connectivity index (χ1v) is 4.16. The monoisotopic (exact) mass is 252 g/mol. The lowest BCUT2D eigenvalue weighted by Crippen LogP contribution is -2.47. The molecule has 0 radical (unpaired) electrons. The minimum atomic E-state index is -4.58. The molecule has 0 aliphatic carbocycles. The Hall–Kier alpha value is -0.990. The van der Waals surface area contributed by atoms with Crippen LogP contribution < -0.4 is 10.6 Å². The first kappa shape index (κ1) is 15.0. The maximum Gasteiger partial charge on any atom is 0.405 e.